The lowest BCUT2D eigenvalue weighted by molar-refractivity contribution is -0.138. The first-order valence-electron chi connectivity index (χ1n) is 7.60. The van der Waals surface area contributed by atoms with Crippen LogP contribution in [0.2, 0.25) is 5.02 Å². The van der Waals surface area contributed by atoms with E-state index in [0.29, 0.717) is 10.7 Å². The Morgan fingerprint density at radius 3 is 2.23 bits per heavy atom. The van der Waals surface area contributed by atoms with Crippen molar-refractivity contribution in [1.82, 2.24) is 4.72 Å². The molecule has 0 aliphatic rings. The summed E-state index contributed by atoms with van der Waals surface area (Å²) in [7, 11) is -3.91. The molecular weight excluding hydrogens is 378 g/mol. The summed E-state index contributed by atoms with van der Waals surface area (Å²) in [5, 5.41) is 13.7. The third-order valence-corrected chi connectivity index (χ3v) is 5.29. The zero-order valence-corrected chi connectivity index (χ0v) is 15.7. The number of hydrazone groups is 1. The number of carbonyl (C=O) groups is 1. The lowest BCUT2D eigenvalue weighted by Crippen LogP contribution is -2.38. The predicted octanol–water partition coefficient (Wildman–Crippen LogP) is 2.93. The molecule has 2 aromatic carbocycles. The smallest absolute Gasteiger partial charge is 0.321 e. The van der Waals surface area contributed by atoms with Gasteiger partial charge in [-0.3, -0.25) is 10.2 Å². The van der Waals surface area contributed by atoms with Crippen LogP contribution in [0.3, 0.4) is 0 Å². The molecule has 0 aliphatic heterocycles. The second-order valence-corrected chi connectivity index (χ2v) is 7.67. The number of nitrogens with one attached hydrogen (secondary N) is 2. The van der Waals surface area contributed by atoms with Crippen molar-refractivity contribution in [3.8, 4) is 0 Å². The Labute approximate surface area is 156 Å². The number of sulfonamides is 1. The zero-order valence-electron chi connectivity index (χ0n) is 14.1. The molecule has 0 unspecified atom stereocenters. The van der Waals surface area contributed by atoms with Gasteiger partial charge in [0.1, 0.15) is 6.04 Å². The molecule has 26 heavy (non-hydrogen) atoms. The molecule has 0 fully saturated rings. The summed E-state index contributed by atoms with van der Waals surface area (Å²) in [5.41, 5.74) is 5.02. The normalized spacial score (nSPS) is 13.3. The van der Waals surface area contributed by atoms with E-state index in [2.05, 4.69) is 15.2 Å². The van der Waals surface area contributed by atoms with E-state index in [1.807, 2.05) is 0 Å². The maximum absolute atomic E-state index is 12.1. The number of aliphatic carboxylic acids is 1. The minimum atomic E-state index is -3.91. The van der Waals surface area contributed by atoms with Gasteiger partial charge in [0.25, 0.3) is 0 Å². The molecule has 0 bridgehead atoms. The lowest BCUT2D eigenvalue weighted by atomic mass is 10.1. The molecule has 2 aromatic rings. The first-order valence-corrected chi connectivity index (χ1v) is 9.46. The molecule has 7 nitrogen and oxygen atoms in total. The topological polar surface area (TPSA) is 108 Å². The highest BCUT2D eigenvalue weighted by Gasteiger charge is 2.21. The summed E-state index contributed by atoms with van der Waals surface area (Å²) < 4.78 is 26.4. The van der Waals surface area contributed by atoms with Gasteiger partial charge in [-0.15, -0.1) is 0 Å². The van der Waals surface area contributed by atoms with Gasteiger partial charge >= 0.3 is 5.97 Å². The van der Waals surface area contributed by atoms with Crippen molar-refractivity contribution in [2.24, 2.45) is 5.10 Å². The van der Waals surface area contributed by atoms with Gasteiger partial charge in [-0.2, -0.15) is 9.82 Å². The van der Waals surface area contributed by atoms with Crippen molar-refractivity contribution < 1.29 is 18.3 Å². The Kier molecular flexibility index (Phi) is 6.36. The van der Waals surface area contributed by atoms with Crippen LogP contribution in [0.15, 0.2) is 58.5 Å². The molecule has 0 heterocycles. The van der Waals surface area contributed by atoms with Crippen LogP contribution in [-0.2, 0) is 14.8 Å². The number of hydrogen-bond acceptors (Lipinski definition) is 5. The van der Waals surface area contributed by atoms with E-state index in [0.717, 1.165) is 11.3 Å². The van der Waals surface area contributed by atoms with E-state index < -0.39 is 22.0 Å². The van der Waals surface area contributed by atoms with Crippen LogP contribution in [-0.4, -0.2) is 31.2 Å². The van der Waals surface area contributed by atoms with E-state index in [1.54, 1.807) is 43.3 Å². The van der Waals surface area contributed by atoms with E-state index in [9.17, 15) is 13.2 Å². The molecule has 9 heteroatoms. The van der Waals surface area contributed by atoms with Crippen molar-refractivity contribution in [3.63, 3.8) is 0 Å². The van der Waals surface area contributed by atoms with Crippen LogP contribution < -0.4 is 10.1 Å². The quantitative estimate of drug-likeness (QED) is 0.493. The molecule has 0 aliphatic carbocycles. The van der Waals surface area contributed by atoms with E-state index in [1.165, 1.54) is 19.1 Å². The molecule has 138 valence electrons. The SMILES string of the molecule is C/C(=N/Nc1ccc(Cl)cc1)c1ccc(S(=O)(=O)N[C@@H](C)C(=O)O)cc1. The molecule has 0 radical (unpaired) electrons. The summed E-state index contributed by atoms with van der Waals surface area (Å²) >= 11 is 5.82. The summed E-state index contributed by atoms with van der Waals surface area (Å²) in [4.78, 5) is 10.8. The molecule has 0 amide bonds. The highest BCUT2D eigenvalue weighted by molar-refractivity contribution is 7.89. The summed E-state index contributed by atoms with van der Waals surface area (Å²) in [5.74, 6) is -1.25. The molecule has 0 saturated carbocycles. The Hall–Kier alpha value is -2.42. The second kappa shape index (κ2) is 8.31. The van der Waals surface area contributed by atoms with Gasteiger partial charge in [0.2, 0.25) is 10.0 Å². The summed E-state index contributed by atoms with van der Waals surface area (Å²) in [6.45, 7) is 3.03. The summed E-state index contributed by atoms with van der Waals surface area (Å²) in [6, 6.07) is 11.8. The molecule has 2 rings (SSSR count). The molecule has 1 atom stereocenters. The van der Waals surface area contributed by atoms with Crippen molar-refractivity contribution in [3.05, 3.63) is 59.1 Å². The average molecular weight is 396 g/mol. The highest BCUT2D eigenvalue weighted by Crippen LogP contribution is 2.15. The van der Waals surface area contributed by atoms with Gasteiger partial charge in [-0.05, 0) is 55.8 Å². The Morgan fingerprint density at radius 1 is 1.12 bits per heavy atom. The third kappa shape index (κ3) is 5.29. The van der Waals surface area contributed by atoms with Crippen LogP contribution in [0.5, 0.6) is 0 Å². The number of hydrogen-bond donors (Lipinski definition) is 3. The van der Waals surface area contributed by atoms with Crippen molar-refractivity contribution >= 4 is 39.0 Å². The van der Waals surface area contributed by atoms with Gasteiger partial charge in [-0.1, -0.05) is 23.7 Å². The molecule has 0 saturated heterocycles. The van der Waals surface area contributed by atoms with Crippen LogP contribution in [0.25, 0.3) is 0 Å². The zero-order chi connectivity index (χ0) is 19.3. The number of rotatable bonds is 7. The van der Waals surface area contributed by atoms with E-state index in [-0.39, 0.29) is 4.90 Å². The van der Waals surface area contributed by atoms with Crippen LogP contribution in [0, 0.1) is 0 Å². The number of nitrogens with zero attached hydrogens (tertiary/aromatic N) is 1. The predicted molar refractivity (Wildman–Crippen MR) is 101 cm³/mol. The van der Waals surface area contributed by atoms with E-state index >= 15 is 0 Å². The number of carboxylic acids is 1. The average Bonchev–Trinajstić information content (AvgIpc) is 2.60. The fourth-order valence-corrected chi connectivity index (χ4v) is 3.29. The van der Waals surface area contributed by atoms with Gasteiger partial charge in [-0.25, -0.2) is 8.42 Å². The monoisotopic (exact) mass is 395 g/mol. The standard InChI is InChI=1S/C17H18ClN3O4S/c1-11(19-20-15-7-5-14(18)6-8-15)13-3-9-16(10-4-13)26(24,25)21-12(2)17(22)23/h3-10,12,20-21H,1-2H3,(H,22,23)/b19-11-/t12-/m0/s1. The van der Waals surface area contributed by atoms with Gasteiger partial charge in [0.05, 0.1) is 16.3 Å². The van der Waals surface area contributed by atoms with Crippen LogP contribution in [0.1, 0.15) is 19.4 Å². The number of benzene rings is 2. The number of carboxylic acid groups (broad SMARTS) is 1. The van der Waals surface area contributed by atoms with Crippen molar-refractivity contribution in [2.75, 3.05) is 5.43 Å². The molecule has 3 N–H and O–H groups in total. The maximum Gasteiger partial charge on any atom is 0.321 e. The van der Waals surface area contributed by atoms with Crippen LogP contribution in [0.4, 0.5) is 5.69 Å². The van der Waals surface area contributed by atoms with Crippen molar-refractivity contribution in [1.29, 1.82) is 0 Å². The third-order valence-electron chi connectivity index (χ3n) is 3.48. The lowest BCUT2D eigenvalue weighted by Gasteiger charge is -2.10. The van der Waals surface area contributed by atoms with Gasteiger partial charge < -0.3 is 5.11 Å². The first kappa shape index (κ1) is 19.9. The fourth-order valence-electron chi connectivity index (χ4n) is 1.96. The van der Waals surface area contributed by atoms with Crippen LogP contribution >= 0.6 is 11.6 Å². The largest absolute Gasteiger partial charge is 0.480 e. The Balaban J connectivity index is 2.11. The Bertz CT molecular complexity index is 910. The molecule has 0 aromatic heterocycles. The fraction of sp³-hybridized carbons (Fsp3) is 0.176. The van der Waals surface area contributed by atoms with E-state index in [4.69, 9.17) is 16.7 Å². The van der Waals surface area contributed by atoms with Crippen molar-refractivity contribution in [2.45, 2.75) is 24.8 Å². The molecule has 0 spiro atoms. The number of halogens is 1. The number of anilines is 1. The maximum atomic E-state index is 12.1. The van der Waals surface area contributed by atoms with Gasteiger partial charge in [0, 0.05) is 5.02 Å². The summed E-state index contributed by atoms with van der Waals surface area (Å²) in [6.07, 6.45) is 0. The minimum absolute atomic E-state index is 0.0205. The van der Waals surface area contributed by atoms with Gasteiger partial charge in [0.15, 0.2) is 0 Å². The Morgan fingerprint density at radius 2 is 1.69 bits per heavy atom. The second-order valence-electron chi connectivity index (χ2n) is 5.52. The minimum Gasteiger partial charge on any atom is -0.480 e. The highest BCUT2D eigenvalue weighted by atomic mass is 35.5. The molecular formula is C17H18ClN3O4S. The first-order chi connectivity index (χ1) is 12.2.